The molecule has 2 heterocycles. The molecule has 94 valence electrons. The normalized spacial score (nSPS) is 26.1. The molecule has 0 aromatic heterocycles. The third kappa shape index (κ3) is 3.72. The lowest BCUT2D eigenvalue weighted by Gasteiger charge is -2.32. The van der Waals surface area contributed by atoms with E-state index in [-0.39, 0.29) is 0 Å². The average Bonchev–Trinajstić information content (AvgIpc) is 2.83. The second-order valence-electron chi connectivity index (χ2n) is 5.19. The SMILES string of the molecule is CC(CCCN1CCCC1)N1CCOCC1. The van der Waals surface area contributed by atoms with Crippen LogP contribution in [0.2, 0.25) is 0 Å². The molecule has 3 heteroatoms. The van der Waals surface area contributed by atoms with Crippen molar-refractivity contribution in [2.24, 2.45) is 0 Å². The van der Waals surface area contributed by atoms with Gasteiger partial charge in [0.2, 0.25) is 0 Å². The third-order valence-electron chi connectivity index (χ3n) is 3.96. The zero-order valence-corrected chi connectivity index (χ0v) is 10.7. The summed E-state index contributed by atoms with van der Waals surface area (Å²) in [6.07, 6.45) is 5.53. The Balaban J connectivity index is 1.57. The Morgan fingerprint density at radius 1 is 1.06 bits per heavy atom. The van der Waals surface area contributed by atoms with E-state index in [1.54, 1.807) is 0 Å². The van der Waals surface area contributed by atoms with Crippen LogP contribution < -0.4 is 0 Å². The molecule has 2 rings (SSSR count). The summed E-state index contributed by atoms with van der Waals surface area (Å²) in [7, 11) is 0. The molecule has 0 saturated carbocycles. The molecule has 0 bridgehead atoms. The smallest absolute Gasteiger partial charge is 0.0594 e. The van der Waals surface area contributed by atoms with Gasteiger partial charge >= 0.3 is 0 Å². The Kier molecular flexibility index (Phi) is 5.07. The Bertz CT molecular complexity index is 186. The van der Waals surface area contributed by atoms with E-state index < -0.39 is 0 Å². The summed E-state index contributed by atoms with van der Waals surface area (Å²) in [6, 6.07) is 0.742. The van der Waals surface area contributed by atoms with Crippen LogP contribution in [0.15, 0.2) is 0 Å². The van der Waals surface area contributed by atoms with Gasteiger partial charge in [-0.05, 0) is 52.2 Å². The maximum atomic E-state index is 5.39. The Labute approximate surface area is 99.7 Å². The zero-order chi connectivity index (χ0) is 11.2. The van der Waals surface area contributed by atoms with Gasteiger partial charge in [0.05, 0.1) is 13.2 Å². The first kappa shape index (κ1) is 12.3. The van der Waals surface area contributed by atoms with Crippen LogP contribution in [-0.2, 0) is 4.74 Å². The first-order valence-electron chi connectivity index (χ1n) is 6.90. The highest BCUT2D eigenvalue weighted by molar-refractivity contribution is 4.72. The number of hydrogen-bond donors (Lipinski definition) is 0. The quantitative estimate of drug-likeness (QED) is 0.708. The second kappa shape index (κ2) is 6.58. The molecule has 2 aliphatic rings. The molecule has 0 radical (unpaired) electrons. The topological polar surface area (TPSA) is 15.7 Å². The van der Waals surface area contributed by atoms with Gasteiger partial charge in [0.15, 0.2) is 0 Å². The van der Waals surface area contributed by atoms with Gasteiger partial charge in [0, 0.05) is 19.1 Å². The van der Waals surface area contributed by atoms with Gasteiger partial charge in [-0.15, -0.1) is 0 Å². The summed E-state index contributed by atoms with van der Waals surface area (Å²) >= 11 is 0. The maximum Gasteiger partial charge on any atom is 0.0594 e. The number of likely N-dealkylation sites (tertiary alicyclic amines) is 1. The molecule has 0 spiro atoms. The molecule has 2 aliphatic heterocycles. The van der Waals surface area contributed by atoms with Crippen LogP contribution in [0.4, 0.5) is 0 Å². The summed E-state index contributed by atoms with van der Waals surface area (Å²) in [5.74, 6) is 0. The van der Waals surface area contributed by atoms with Crippen molar-refractivity contribution in [1.82, 2.24) is 9.80 Å². The molecule has 1 unspecified atom stereocenters. The average molecular weight is 226 g/mol. The van der Waals surface area contributed by atoms with Gasteiger partial charge in [-0.2, -0.15) is 0 Å². The summed E-state index contributed by atoms with van der Waals surface area (Å²) in [4.78, 5) is 5.19. The predicted molar refractivity (Wildman–Crippen MR) is 66.8 cm³/mol. The van der Waals surface area contributed by atoms with Gasteiger partial charge in [-0.3, -0.25) is 4.90 Å². The van der Waals surface area contributed by atoms with Crippen LogP contribution in [0.5, 0.6) is 0 Å². The molecule has 0 aromatic rings. The molecule has 1 atom stereocenters. The molecule has 0 amide bonds. The van der Waals surface area contributed by atoms with Crippen molar-refractivity contribution in [1.29, 1.82) is 0 Å². The van der Waals surface area contributed by atoms with Crippen molar-refractivity contribution in [2.75, 3.05) is 45.9 Å². The van der Waals surface area contributed by atoms with Crippen LogP contribution in [-0.4, -0.2) is 61.8 Å². The van der Waals surface area contributed by atoms with E-state index in [9.17, 15) is 0 Å². The minimum Gasteiger partial charge on any atom is -0.379 e. The highest BCUT2D eigenvalue weighted by Gasteiger charge is 2.17. The molecular formula is C13H26N2O. The van der Waals surface area contributed by atoms with Crippen molar-refractivity contribution in [3.8, 4) is 0 Å². The molecule has 2 fully saturated rings. The van der Waals surface area contributed by atoms with E-state index in [1.807, 2.05) is 0 Å². The standard InChI is InChI=1S/C13H26N2O/c1-13(15-9-11-16-12-10-15)5-4-8-14-6-2-3-7-14/h13H,2-12H2,1H3. The summed E-state index contributed by atoms with van der Waals surface area (Å²) in [5.41, 5.74) is 0. The number of rotatable bonds is 5. The maximum absolute atomic E-state index is 5.39. The van der Waals surface area contributed by atoms with Gasteiger partial charge in [-0.1, -0.05) is 0 Å². The number of nitrogens with zero attached hydrogens (tertiary/aromatic N) is 2. The summed E-state index contributed by atoms with van der Waals surface area (Å²) in [5, 5.41) is 0. The highest BCUT2D eigenvalue weighted by atomic mass is 16.5. The van der Waals surface area contributed by atoms with Crippen LogP contribution in [0, 0.1) is 0 Å². The highest BCUT2D eigenvalue weighted by Crippen LogP contribution is 2.12. The van der Waals surface area contributed by atoms with Gasteiger partial charge in [0.25, 0.3) is 0 Å². The van der Waals surface area contributed by atoms with Gasteiger partial charge in [0.1, 0.15) is 0 Å². The fraction of sp³-hybridized carbons (Fsp3) is 1.00. The van der Waals surface area contributed by atoms with E-state index in [2.05, 4.69) is 16.7 Å². The van der Waals surface area contributed by atoms with Crippen LogP contribution in [0.1, 0.15) is 32.6 Å². The van der Waals surface area contributed by atoms with Crippen LogP contribution >= 0.6 is 0 Å². The van der Waals surface area contributed by atoms with E-state index >= 15 is 0 Å². The fourth-order valence-corrected chi connectivity index (χ4v) is 2.82. The summed E-state index contributed by atoms with van der Waals surface area (Å²) in [6.45, 7) is 10.5. The number of morpholine rings is 1. The monoisotopic (exact) mass is 226 g/mol. The van der Waals surface area contributed by atoms with Crippen molar-refractivity contribution >= 4 is 0 Å². The minimum atomic E-state index is 0.742. The van der Waals surface area contributed by atoms with Crippen molar-refractivity contribution in [2.45, 2.75) is 38.6 Å². The van der Waals surface area contributed by atoms with E-state index in [4.69, 9.17) is 4.74 Å². The molecule has 0 N–H and O–H groups in total. The molecule has 16 heavy (non-hydrogen) atoms. The lowest BCUT2D eigenvalue weighted by atomic mass is 10.1. The first-order chi connectivity index (χ1) is 7.86. The first-order valence-corrected chi connectivity index (χ1v) is 6.90. The lowest BCUT2D eigenvalue weighted by molar-refractivity contribution is 0.0179. The lowest BCUT2D eigenvalue weighted by Crippen LogP contribution is -2.42. The van der Waals surface area contributed by atoms with Crippen molar-refractivity contribution in [3.63, 3.8) is 0 Å². The summed E-state index contributed by atoms with van der Waals surface area (Å²) < 4.78 is 5.39. The fourth-order valence-electron chi connectivity index (χ4n) is 2.82. The minimum absolute atomic E-state index is 0.742. The largest absolute Gasteiger partial charge is 0.379 e. The Morgan fingerprint density at radius 3 is 2.44 bits per heavy atom. The third-order valence-corrected chi connectivity index (χ3v) is 3.96. The molecule has 0 aliphatic carbocycles. The number of ether oxygens (including phenoxy) is 1. The zero-order valence-electron chi connectivity index (χ0n) is 10.7. The molecule has 2 saturated heterocycles. The van der Waals surface area contributed by atoms with E-state index in [1.165, 1.54) is 45.3 Å². The predicted octanol–water partition coefficient (Wildman–Crippen LogP) is 1.58. The Morgan fingerprint density at radius 2 is 1.75 bits per heavy atom. The van der Waals surface area contributed by atoms with Crippen molar-refractivity contribution < 1.29 is 4.74 Å². The second-order valence-corrected chi connectivity index (χ2v) is 5.19. The molecule has 3 nitrogen and oxygen atoms in total. The van der Waals surface area contributed by atoms with E-state index in [0.29, 0.717) is 0 Å². The van der Waals surface area contributed by atoms with Crippen molar-refractivity contribution in [3.05, 3.63) is 0 Å². The number of hydrogen-bond acceptors (Lipinski definition) is 3. The Hall–Kier alpha value is -0.120. The van der Waals surface area contributed by atoms with Crippen LogP contribution in [0.3, 0.4) is 0 Å². The van der Waals surface area contributed by atoms with Gasteiger partial charge in [-0.25, -0.2) is 0 Å². The van der Waals surface area contributed by atoms with Gasteiger partial charge < -0.3 is 9.64 Å². The molecule has 0 aromatic carbocycles. The van der Waals surface area contributed by atoms with E-state index in [0.717, 1.165) is 32.3 Å². The van der Waals surface area contributed by atoms with Crippen LogP contribution in [0.25, 0.3) is 0 Å². The molecular weight excluding hydrogens is 200 g/mol.